The van der Waals surface area contributed by atoms with Gasteiger partial charge in [-0.2, -0.15) is 0 Å². The minimum absolute atomic E-state index is 0.0192. The molecule has 360 valence electrons. The highest BCUT2D eigenvalue weighted by molar-refractivity contribution is 5.26. The van der Waals surface area contributed by atoms with Crippen LogP contribution in [0, 0.1) is 40.4 Å². The molecule has 10 N–H and O–H groups in total. The van der Waals surface area contributed by atoms with E-state index in [9.17, 15) is 51.1 Å². The van der Waals surface area contributed by atoms with Crippen LogP contribution in [0.3, 0.4) is 0 Å². The van der Waals surface area contributed by atoms with Gasteiger partial charge in [0.1, 0.15) is 67.1 Å². The minimum Gasteiger partial charge on any atom is -0.394 e. The fourth-order valence-electron chi connectivity index (χ4n) is 14.2. The van der Waals surface area contributed by atoms with E-state index in [2.05, 4.69) is 26.8 Å². The van der Waals surface area contributed by atoms with Crippen LogP contribution in [0.4, 0.5) is 0 Å². The van der Waals surface area contributed by atoms with Crippen molar-refractivity contribution < 1.29 is 89.0 Å². The average Bonchev–Trinajstić information content (AvgIpc) is 3.87. The Bertz CT molecular complexity index is 1670. The van der Waals surface area contributed by atoms with Gasteiger partial charge in [-0.3, -0.25) is 0 Å². The molecule has 18 nitrogen and oxygen atoms in total. The van der Waals surface area contributed by atoms with E-state index >= 15 is 0 Å². The Labute approximate surface area is 368 Å². The van der Waals surface area contributed by atoms with E-state index in [-0.39, 0.29) is 29.5 Å². The monoisotopic (exact) mass is 900 g/mol. The third-order valence-electron chi connectivity index (χ3n) is 17.8. The largest absolute Gasteiger partial charge is 0.394 e. The van der Waals surface area contributed by atoms with Gasteiger partial charge >= 0.3 is 0 Å². The first-order chi connectivity index (χ1) is 29.8. The second kappa shape index (κ2) is 17.2. The number of hydrogen-bond donors (Lipinski definition) is 10. The molecule has 9 aliphatic rings. The van der Waals surface area contributed by atoms with Gasteiger partial charge in [-0.05, 0) is 99.7 Å². The number of ether oxygens (including phenoxy) is 8. The van der Waals surface area contributed by atoms with Gasteiger partial charge in [0.05, 0.1) is 43.7 Å². The normalized spacial score (nSPS) is 57.9. The van der Waals surface area contributed by atoms with Crippen molar-refractivity contribution in [2.75, 3.05) is 19.8 Å². The smallest absolute Gasteiger partial charge is 0.187 e. The van der Waals surface area contributed by atoms with Crippen molar-refractivity contribution >= 4 is 0 Å². The Balaban J connectivity index is 0.920. The van der Waals surface area contributed by atoms with Crippen LogP contribution in [-0.4, -0.2) is 187 Å². The molecule has 0 amide bonds. The predicted octanol–water partition coefficient (Wildman–Crippen LogP) is -0.671. The topological polar surface area (TPSA) is 276 Å². The number of aliphatic hydroxyl groups is 10. The Morgan fingerprint density at radius 2 is 1.33 bits per heavy atom. The van der Waals surface area contributed by atoms with Crippen LogP contribution in [0.25, 0.3) is 0 Å². The summed E-state index contributed by atoms with van der Waals surface area (Å²) in [5.74, 6) is 1.43. The van der Waals surface area contributed by atoms with E-state index < -0.39 is 123 Å². The van der Waals surface area contributed by atoms with Crippen LogP contribution in [-0.2, 0) is 37.9 Å². The molecule has 3 saturated carbocycles. The average molecular weight is 901 g/mol. The first-order valence-corrected chi connectivity index (χ1v) is 23.4. The summed E-state index contributed by atoms with van der Waals surface area (Å²) in [7, 11) is 0. The molecular formula is C45H72O18. The molecule has 5 heterocycles. The zero-order chi connectivity index (χ0) is 45.1. The summed E-state index contributed by atoms with van der Waals surface area (Å²) < 4.78 is 49.9. The quantitative estimate of drug-likeness (QED) is 0.129. The van der Waals surface area contributed by atoms with Gasteiger partial charge in [0, 0.05) is 12.3 Å². The summed E-state index contributed by atoms with van der Waals surface area (Å²) in [6, 6.07) is 0. The zero-order valence-corrected chi connectivity index (χ0v) is 37.0. The van der Waals surface area contributed by atoms with Gasteiger partial charge in [0.15, 0.2) is 24.7 Å². The third-order valence-corrected chi connectivity index (χ3v) is 17.8. The molecule has 0 bridgehead atoms. The molecule has 4 aliphatic carbocycles. The molecule has 18 heteroatoms. The Hall–Kier alpha value is -0.980. The highest BCUT2D eigenvalue weighted by Gasteiger charge is 2.70. The van der Waals surface area contributed by atoms with E-state index in [0.29, 0.717) is 36.5 Å². The molecule has 0 radical (unpaired) electrons. The van der Waals surface area contributed by atoms with Crippen molar-refractivity contribution in [1.82, 2.24) is 0 Å². The maximum absolute atomic E-state index is 12.0. The molecule has 0 aromatic rings. The Morgan fingerprint density at radius 1 is 0.667 bits per heavy atom. The first kappa shape index (κ1) is 47.1. The number of fused-ring (bicyclic) bond motifs is 7. The lowest BCUT2D eigenvalue weighted by molar-refractivity contribution is -0.390. The second-order valence-corrected chi connectivity index (χ2v) is 21.3. The van der Waals surface area contributed by atoms with E-state index in [1.807, 2.05) is 6.92 Å². The summed E-state index contributed by atoms with van der Waals surface area (Å²) in [6.45, 7) is 9.19. The van der Waals surface area contributed by atoms with Crippen LogP contribution < -0.4 is 0 Å². The van der Waals surface area contributed by atoms with Gasteiger partial charge in [-0.25, -0.2) is 0 Å². The van der Waals surface area contributed by atoms with Crippen LogP contribution in [0.1, 0.15) is 92.4 Å². The fraction of sp³-hybridized carbons (Fsp3) is 0.956. The highest BCUT2D eigenvalue weighted by atomic mass is 16.8. The molecule has 63 heavy (non-hydrogen) atoms. The van der Waals surface area contributed by atoms with E-state index in [4.69, 9.17) is 37.9 Å². The zero-order valence-electron chi connectivity index (χ0n) is 37.0. The molecule has 5 aliphatic heterocycles. The summed E-state index contributed by atoms with van der Waals surface area (Å²) in [6.07, 6.45) is -13.2. The number of aliphatic hydroxyl groups excluding tert-OH is 10. The molecule has 0 unspecified atom stereocenters. The van der Waals surface area contributed by atoms with Gasteiger partial charge in [-0.1, -0.05) is 32.4 Å². The molecule has 0 aromatic carbocycles. The maximum Gasteiger partial charge on any atom is 0.187 e. The van der Waals surface area contributed by atoms with E-state index in [0.717, 1.165) is 44.9 Å². The number of rotatable bonds is 9. The molecule has 1 spiro atoms. The molecule has 0 aromatic heterocycles. The van der Waals surface area contributed by atoms with Crippen LogP contribution >= 0.6 is 0 Å². The third kappa shape index (κ3) is 7.62. The first-order valence-electron chi connectivity index (χ1n) is 23.4. The summed E-state index contributed by atoms with van der Waals surface area (Å²) in [4.78, 5) is 0. The number of hydrogen-bond acceptors (Lipinski definition) is 18. The Kier molecular flexibility index (Phi) is 12.9. The van der Waals surface area contributed by atoms with Crippen molar-refractivity contribution in [3.05, 3.63) is 11.6 Å². The lowest BCUT2D eigenvalue weighted by Gasteiger charge is -2.58. The van der Waals surface area contributed by atoms with Crippen molar-refractivity contribution in [2.24, 2.45) is 40.4 Å². The maximum atomic E-state index is 12.0. The van der Waals surface area contributed by atoms with Crippen LogP contribution in [0.2, 0.25) is 0 Å². The van der Waals surface area contributed by atoms with Crippen molar-refractivity contribution in [3.63, 3.8) is 0 Å². The predicted molar refractivity (Wildman–Crippen MR) is 216 cm³/mol. The molecule has 26 atom stereocenters. The van der Waals surface area contributed by atoms with Crippen LogP contribution in [0.15, 0.2) is 11.6 Å². The minimum atomic E-state index is -1.83. The molecule has 5 saturated heterocycles. The van der Waals surface area contributed by atoms with Gasteiger partial charge in [0.2, 0.25) is 0 Å². The highest BCUT2D eigenvalue weighted by Crippen LogP contribution is 2.71. The standard InChI is InChI=1S/C45H72O18/c1-19-29-26(62-45(19)13-12-42(3,18-48)63-45)15-25-23-7-6-21-14-22(8-10-43(21,4)24(23)9-11-44(25,29)5)57-41-38(61-40-35(54)33(52)31(50)27(16-46)58-40)36(55)37(28(17-47)59-41)60-39-34(53)32(51)30(49)20(2)56-39/h6,19-20,22-41,46-55H,7-18H2,1-5H3/t19-,20+,22+,23+,24-,25-,26-,27+,28+,29+,30+,31+,32-,33-,34+,35+,36-,37+,38+,39-,40-,41+,42-,43+,44+,45+/m1/s1. The summed E-state index contributed by atoms with van der Waals surface area (Å²) in [5.41, 5.74) is 0.762. The molecular weight excluding hydrogens is 828 g/mol. The Morgan fingerprint density at radius 3 is 2.02 bits per heavy atom. The molecule has 8 fully saturated rings. The van der Waals surface area contributed by atoms with Gasteiger partial charge in [-0.15, -0.1) is 0 Å². The summed E-state index contributed by atoms with van der Waals surface area (Å²) >= 11 is 0. The lowest BCUT2D eigenvalue weighted by atomic mass is 9.47. The number of allylic oxidation sites excluding steroid dienone is 1. The van der Waals surface area contributed by atoms with E-state index in [1.165, 1.54) is 12.5 Å². The van der Waals surface area contributed by atoms with Crippen molar-refractivity contribution in [2.45, 2.75) is 208 Å². The van der Waals surface area contributed by atoms with Crippen LogP contribution in [0.5, 0.6) is 0 Å². The molecule has 9 rings (SSSR count). The van der Waals surface area contributed by atoms with Crippen molar-refractivity contribution in [1.29, 1.82) is 0 Å². The van der Waals surface area contributed by atoms with Gasteiger partial charge in [0.25, 0.3) is 0 Å². The second-order valence-electron chi connectivity index (χ2n) is 21.3. The lowest BCUT2D eigenvalue weighted by Crippen LogP contribution is -2.67. The van der Waals surface area contributed by atoms with Gasteiger partial charge < -0.3 is 89.0 Å². The summed E-state index contributed by atoms with van der Waals surface area (Å²) in [5, 5.41) is 106. The van der Waals surface area contributed by atoms with E-state index in [1.54, 1.807) is 0 Å². The SMILES string of the molecule is C[C@@H]1O[C@H](O[C@@H]2[C@@H](O)[C@H](O[C@H]3O[C@@H](CO)[C@H](O)[C@@H](O)[C@@H]3O)[C@@H](O[C@H]3CC[C@@]4(C)C(=CC[C@@H]5[C@H]6C[C@H]7O[C@]8(CC[C@](C)(CO)O8)[C@H](C)[C@@H]7[C@@]6(C)CC[C@H]54)C3)O[C@H]2CO)[C@@H](O)[C@H](O)[C@H]1O. The van der Waals surface area contributed by atoms with Crippen molar-refractivity contribution in [3.8, 4) is 0 Å². The fourth-order valence-corrected chi connectivity index (χ4v) is 14.2.